The van der Waals surface area contributed by atoms with Gasteiger partial charge in [-0.2, -0.15) is 0 Å². The van der Waals surface area contributed by atoms with Gasteiger partial charge in [-0.05, 0) is 72.7 Å². The van der Waals surface area contributed by atoms with Gasteiger partial charge in [0.15, 0.2) is 0 Å². The highest BCUT2D eigenvalue weighted by Gasteiger charge is 2.21. The number of nitrogens with zero attached hydrogens (tertiary/aromatic N) is 4. The molecule has 0 aliphatic rings. The van der Waals surface area contributed by atoms with E-state index < -0.39 is 15.9 Å². The molecule has 0 aliphatic heterocycles. The average Bonchev–Trinajstić information content (AvgIpc) is 3.47. The largest absolute Gasteiger partial charge is 0.416 e. The number of aromatic nitrogens is 3. The fraction of sp³-hybridized carbons (Fsp3) is 0.0667. The first-order valence-corrected chi connectivity index (χ1v) is 13.7. The van der Waals surface area contributed by atoms with Crippen LogP contribution in [0.2, 0.25) is 0 Å². The van der Waals surface area contributed by atoms with Crippen molar-refractivity contribution in [3.05, 3.63) is 115 Å². The van der Waals surface area contributed by atoms with Gasteiger partial charge < -0.3 is 9.73 Å². The number of sulfonamides is 1. The number of benzene rings is 3. The average molecular weight is 552 g/mol. The minimum absolute atomic E-state index is 0.116. The summed E-state index contributed by atoms with van der Waals surface area (Å²) < 4.78 is 33.5. The van der Waals surface area contributed by atoms with E-state index in [9.17, 15) is 13.2 Å². The molecule has 0 saturated carbocycles. The van der Waals surface area contributed by atoms with Crippen LogP contribution in [0.3, 0.4) is 0 Å². The number of rotatable bonds is 8. The van der Waals surface area contributed by atoms with E-state index in [1.807, 2.05) is 19.1 Å². The molecule has 0 fully saturated rings. The van der Waals surface area contributed by atoms with Crippen molar-refractivity contribution in [3.8, 4) is 22.9 Å². The SMILES string of the molecule is Cc1cccc(N(C)S(=O)(=O)c2cccc(/C=C/C(=O)Nc3ccccc3-c3nnc(-c4ccncc4)o3)c2)c1. The Morgan fingerprint density at radius 3 is 2.45 bits per heavy atom. The summed E-state index contributed by atoms with van der Waals surface area (Å²) >= 11 is 0. The first kappa shape index (κ1) is 26.5. The van der Waals surface area contributed by atoms with E-state index in [4.69, 9.17) is 4.42 Å². The molecule has 1 N–H and O–H groups in total. The van der Waals surface area contributed by atoms with Crippen molar-refractivity contribution in [2.24, 2.45) is 0 Å². The van der Waals surface area contributed by atoms with Crippen LogP contribution in [0.25, 0.3) is 29.0 Å². The van der Waals surface area contributed by atoms with Crippen molar-refractivity contribution < 1.29 is 17.6 Å². The summed E-state index contributed by atoms with van der Waals surface area (Å²) in [5.41, 5.74) is 3.85. The third-order valence-electron chi connectivity index (χ3n) is 6.08. The van der Waals surface area contributed by atoms with E-state index in [0.29, 0.717) is 28.4 Å². The van der Waals surface area contributed by atoms with Crippen LogP contribution in [-0.2, 0) is 14.8 Å². The van der Waals surface area contributed by atoms with Gasteiger partial charge in [0.1, 0.15) is 0 Å². The minimum Gasteiger partial charge on any atom is -0.416 e. The van der Waals surface area contributed by atoms with E-state index >= 15 is 0 Å². The molecule has 0 spiro atoms. The lowest BCUT2D eigenvalue weighted by atomic mass is 10.1. The van der Waals surface area contributed by atoms with Gasteiger partial charge in [-0.25, -0.2) is 8.42 Å². The van der Waals surface area contributed by atoms with E-state index in [-0.39, 0.29) is 10.8 Å². The first-order valence-electron chi connectivity index (χ1n) is 12.3. The fourth-order valence-electron chi connectivity index (χ4n) is 3.97. The molecule has 2 heterocycles. The number of hydrogen-bond donors (Lipinski definition) is 1. The highest BCUT2D eigenvalue weighted by atomic mass is 32.2. The maximum absolute atomic E-state index is 13.2. The molecule has 0 atom stereocenters. The summed E-state index contributed by atoms with van der Waals surface area (Å²) in [6.07, 6.45) is 6.15. The van der Waals surface area contributed by atoms with Crippen molar-refractivity contribution in [3.63, 3.8) is 0 Å². The summed E-state index contributed by atoms with van der Waals surface area (Å²) in [5, 5.41) is 11.1. The molecule has 2 aromatic heterocycles. The van der Waals surface area contributed by atoms with Crippen molar-refractivity contribution in [1.82, 2.24) is 15.2 Å². The molecular weight excluding hydrogens is 526 g/mol. The Balaban J connectivity index is 1.32. The highest BCUT2D eigenvalue weighted by Crippen LogP contribution is 2.29. The van der Waals surface area contributed by atoms with Gasteiger partial charge in [-0.1, -0.05) is 36.4 Å². The van der Waals surface area contributed by atoms with Gasteiger partial charge in [0, 0.05) is 31.1 Å². The Kier molecular flexibility index (Phi) is 7.52. The third kappa shape index (κ3) is 5.82. The lowest BCUT2D eigenvalue weighted by molar-refractivity contribution is -0.111. The number of anilines is 2. The van der Waals surface area contributed by atoms with Gasteiger partial charge >= 0.3 is 0 Å². The van der Waals surface area contributed by atoms with Gasteiger partial charge in [-0.15, -0.1) is 10.2 Å². The molecule has 3 aromatic carbocycles. The quantitative estimate of drug-likeness (QED) is 0.250. The summed E-state index contributed by atoms with van der Waals surface area (Å²) in [5.74, 6) is 0.176. The summed E-state index contributed by atoms with van der Waals surface area (Å²) in [7, 11) is -2.29. The molecule has 9 nitrogen and oxygen atoms in total. The zero-order valence-corrected chi connectivity index (χ0v) is 22.5. The maximum atomic E-state index is 13.2. The van der Waals surface area contributed by atoms with Gasteiger partial charge in [0.25, 0.3) is 10.0 Å². The second-order valence-electron chi connectivity index (χ2n) is 8.90. The van der Waals surface area contributed by atoms with Crippen molar-refractivity contribution >= 4 is 33.4 Å². The molecule has 5 aromatic rings. The van der Waals surface area contributed by atoms with E-state index in [2.05, 4.69) is 20.5 Å². The molecule has 0 aliphatic carbocycles. The van der Waals surface area contributed by atoms with Crippen molar-refractivity contribution in [2.75, 3.05) is 16.7 Å². The molecule has 200 valence electrons. The summed E-state index contributed by atoms with van der Waals surface area (Å²) in [4.78, 5) is 16.9. The van der Waals surface area contributed by atoms with Crippen LogP contribution >= 0.6 is 0 Å². The number of nitrogens with one attached hydrogen (secondary N) is 1. The highest BCUT2D eigenvalue weighted by molar-refractivity contribution is 7.92. The molecule has 1 amide bonds. The minimum atomic E-state index is -3.80. The Morgan fingerprint density at radius 1 is 0.900 bits per heavy atom. The topological polar surface area (TPSA) is 118 Å². The van der Waals surface area contributed by atoms with E-state index in [0.717, 1.165) is 11.1 Å². The second-order valence-corrected chi connectivity index (χ2v) is 10.9. The van der Waals surface area contributed by atoms with Gasteiger partial charge in [0.2, 0.25) is 17.7 Å². The van der Waals surface area contributed by atoms with Crippen molar-refractivity contribution in [1.29, 1.82) is 0 Å². The summed E-state index contributed by atoms with van der Waals surface area (Å²) in [6, 6.07) is 24.3. The van der Waals surface area contributed by atoms with Crippen LogP contribution in [0.4, 0.5) is 11.4 Å². The number of hydrogen-bond acceptors (Lipinski definition) is 7. The Labute approximate surface area is 231 Å². The predicted octanol–water partition coefficient (Wildman–Crippen LogP) is 5.58. The molecular formula is C30H25N5O4S. The maximum Gasteiger partial charge on any atom is 0.264 e. The molecule has 0 unspecified atom stereocenters. The van der Waals surface area contributed by atoms with E-state index in [1.54, 1.807) is 79.1 Å². The predicted molar refractivity (Wildman–Crippen MR) is 154 cm³/mol. The van der Waals surface area contributed by atoms with Crippen LogP contribution in [0.15, 0.2) is 113 Å². The standard InChI is InChI=1S/C30H25N5O4S/c1-21-7-5-9-24(19-21)35(2)40(37,38)25-10-6-8-22(20-25)13-14-28(36)32-27-12-4-3-11-26(27)30-34-33-29(39-30)23-15-17-31-18-16-23/h3-20H,1-2H3,(H,32,36)/b14-13+. The fourth-order valence-corrected chi connectivity index (χ4v) is 5.21. The number of carbonyl (C=O) groups excluding carboxylic acids is 1. The van der Waals surface area contributed by atoms with Crippen LogP contribution in [0.1, 0.15) is 11.1 Å². The Morgan fingerprint density at radius 2 is 1.65 bits per heavy atom. The van der Waals surface area contributed by atoms with Gasteiger partial charge in [-0.3, -0.25) is 14.1 Å². The molecule has 40 heavy (non-hydrogen) atoms. The third-order valence-corrected chi connectivity index (χ3v) is 7.86. The lowest BCUT2D eigenvalue weighted by Gasteiger charge is -2.20. The smallest absolute Gasteiger partial charge is 0.264 e. The van der Waals surface area contributed by atoms with Gasteiger partial charge in [0.05, 0.1) is 21.8 Å². The van der Waals surface area contributed by atoms with Crippen LogP contribution in [-0.4, -0.2) is 36.6 Å². The number of para-hydroxylation sites is 1. The zero-order chi connectivity index (χ0) is 28.1. The molecule has 10 heteroatoms. The first-order chi connectivity index (χ1) is 19.3. The molecule has 5 rings (SSSR count). The van der Waals surface area contributed by atoms with Crippen LogP contribution in [0.5, 0.6) is 0 Å². The monoisotopic (exact) mass is 551 g/mol. The zero-order valence-electron chi connectivity index (χ0n) is 21.7. The lowest BCUT2D eigenvalue weighted by Crippen LogP contribution is -2.26. The second kappa shape index (κ2) is 11.3. The Bertz CT molecular complexity index is 1800. The number of pyridine rings is 1. The summed E-state index contributed by atoms with van der Waals surface area (Å²) in [6.45, 7) is 1.90. The Hall–Kier alpha value is -5.09. The number of carbonyl (C=O) groups is 1. The van der Waals surface area contributed by atoms with Crippen molar-refractivity contribution in [2.45, 2.75) is 11.8 Å². The van der Waals surface area contributed by atoms with Crippen LogP contribution < -0.4 is 9.62 Å². The molecule has 0 saturated heterocycles. The number of aryl methyl sites for hydroxylation is 1. The molecule has 0 bridgehead atoms. The van der Waals surface area contributed by atoms with Crippen LogP contribution in [0, 0.1) is 6.92 Å². The van der Waals surface area contributed by atoms with E-state index in [1.165, 1.54) is 29.6 Å². The number of amides is 1. The molecule has 0 radical (unpaired) electrons. The normalized spacial score (nSPS) is 11.4.